The maximum atomic E-state index is 6.45. The van der Waals surface area contributed by atoms with Gasteiger partial charge in [-0.3, -0.25) is 0 Å². The van der Waals surface area contributed by atoms with Gasteiger partial charge in [0.1, 0.15) is 11.2 Å². The molecule has 0 amide bonds. The molecule has 214 valence electrons. The number of fused-ring (bicyclic) bond motifs is 4. The van der Waals surface area contributed by atoms with Crippen LogP contribution in [0.2, 0.25) is 0 Å². The first-order valence-electron chi connectivity index (χ1n) is 14.9. The fraction of sp³-hybridized carbons (Fsp3) is 0.162. The minimum atomic E-state index is -0.486. The number of hydrogen-bond donors (Lipinski definition) is 0. The number of aromatic nitrogens is 3. The maximum absolute atomic E-state index is 6.45. The van der Waals surface area contributed by atoms with Crippen LogP contribution in [0.1, 0.15) is 27.7 Å². The Morgan fingerprint density at radius 3 is 1.84 bits per heavy atom. The Hall–Kier alpha value is -4.85. The van der Waals surface area contributed by atoms with E-state index in [1.165, 1.54) is 0 Å². The van der Waals surface area contributed by atoms with Crippen molar-refractivity contribution in [3.63, 3.8) is 0 Å². The summed E-state index contributed by atoms with van der Waals surface area (Å²) in [6.07, 6.45) is 0. The minimum absolute atomic E-state index is 0.441. The van der Waals surface area contributed by atoms with Crippen molar-refractivity contribution < 1.29 is 13.7 Å². The molecule has 1 aliphatic rings. The number of nitrogens with zero attached hydrogens (tertiary/aromatic N) is 3. The van der Waals surface area contributed by atoms with Gasteiger partial charge in [-0.15, -0.1) is 0 Å². The average molecular weight is 575 g/mol. The molecule has 7 aromatic rings. The van der Waals surface area contributed by atoms with Gasteiger partial charge in [0.2, 0.25) is 0 Å². The molecule has 0 unspecified atom stereocenters. The molecular formula is C37H30BN3O3. The van der Waals surface area contributed by atoms with Crippen LogP contribution in [-0.2, 0) is 9.31 Å². The molecule has 6 nitrogen and oxygen atoms in total. The predicted octanol–water partition coefficient (Wildman–Crippen LogP) is 8.22. The zero-order valence-corrected chi connectivity index (χ0v) is 25.0. The van der Waals surface area contributed by atoms with Crippen molar-refractivity contribution in [3.8, 4) is 34.2 Å². The summed E-state index contributed by atoms with van der Waals surface area (Å²) in [5.41, 5.74) is 4.44. The average Bonchev–Trinajstić information content (AvgIpc) is 3.53. The van der Waals surface area contributed by atoms with E-state index in [1.807, 2.05) is 72.8 Å². The van der Waals surface area contributed by atoms with Gasteiger partial charge >= 0.3 is 7.12 Å². The summed E-state index contributed by atoms with van der Waals surface area (Å²) in [5.74, 6) is 1.79. The van der Waals surface area contributed by atoms with E-state index in [0.29, 0.717) is 17.5 Å². The van der Waals surface area contributed by atoms with Crippen molar-refractivity contribution in [1.82, 2.24) is 15.0 Å². The second-order valence-electron chi connectivity index (χ2n) is 12.3. The third kappa shape index (κ3) is 4.23. The highest BCUT2D eigenvalue weighted by molar-refractivity contribution is 6.65. The molecule has 0 bridgehead atoms. The lowest BCUT2D eigenvalue weighted by Gasteiger charge is -2.32. The lowest BCUT2D eigenvalue weighted by molar-refractivity contribution is 0.00578. The molecule has 1 saturated heterocycles. The van der Waals surface area contributed by atoms with E-state index in [1.54, 1.807) is 0 Å². The van der Waals surface area contributed by atoms with E-state index >= 15 is 0 Å². The zero-order valence-electron chi connectivity index (χ0n) is 25.0. The highest BCUT2D eigenvalue weighted by Gasteiger charge is 2.52. The van der Waals surface area contributed by atoms with E-state index in [0.717, 1.165) is 54.9 Å². The molecule has 44 heavy (non-hydrogen) atoms. The smallest absolute Gasteiger partial charge is 0.456 e. The molecule has 5 aromatic carbocycles. The SMILES string of the molecule is CC1(C)OB(c2ccc(-c3nc(-c4ccccc4)nc(-c4cccc5oc6ccccc6c45)n3)c3ccccc23)OC1(C)C. The first kappa shape index (κ1) is 26.8. The van der Waals surface area contributed by atoms with Crippen LogP contribution < -0.4 is 5.46 Å². The Bertz CT molecular complexity index is 2190. The van der Waals surface area contributed by atoms with Gasteiger partial charge in [-0.1, -0.05) is 97.1 Å². The summed E-state index contributed by atoms with van der Waals surface area (Å²) in [6, 6.07) is 36.6. The highest BCUT2D eigenvalue weighted by atomic mass is 16.7. The molecule has 2 aromatic heterocycles. The van der Waals surface area contributed by atoms with Crippen molar-refractivity contribution in [3.05, 3.63) is 109 Å². The number of para-hydroxylation sites is 1. The molecule has 1 aliphatic heterocycles. The Kier molecular flexibility index (Phi) is 5.99. The largest absolute Gasteiger partial charge is 0.495 e. The molecule has 0 N–H and O–H groups in total. The number of rotatable bonds is 4. The summed E-state index contributed by atoms with van der Waals surface area (Å²) >= 11 is 0. The van der Waals surface area contributed by atoms with E-state index in [2.05, 4.69) is 64.1 Å². The van der Waals surface area contributed by atoms with Crippen LogP contribution in [0.15, 0.2) is 114 Å². The van der Waals surface area contributed by atoms with Crippen molar-refractivity contribution in [2.24, 2.45) is 0 Å². The standard InChI is InChI=1S/C37H30BN3O3/c1-36(2)37(3,4)44-38(43-36)29-22-21-26(24-15-8-9-16-25(24)29)34-39-33(23-13-6-5-7-14-23)40-35(41-34)28-18-12-20-31-32(28)27-17-10-11-19-30(27)42-31/h5-22H,1-4H3. The van der Waals surface area contributed by atoms with E-state index in [9.17, 15) is 0 Å². The fourth-order valence-corrected chi connectivity index (χ4v) is 5.99. The lowest BCUT2D eigenvalue weighted by atomic mass is 9.75. The van der Waals surface area contributed by atoms with Crippen molar-refractivity contribution in [1.29, 1.82) is 0 Å². The van der Waals surface area contributed by atoms with E-state index < -0.39 is 18.3 Å². The van der Waals surface area contributed by atoms with Crippen LogP contribution in [0.5, 0.6) is 0 Å². The van der Waals surface area contributed by atoms with Crippen molar-refractivity contribution >= 4 is 45.3 Å². The molecule has 0 aliphatic carbocycles. The van der Waals surface area contributed by atoms with Gasteiger partial charge in [0, 0.05) is 27.5 Å². The molecule has 0 atom stereocenters. The summed E-state index contributed by atoms with van der Waals surface area (Å²) in [5, 5.41) is 4.07. The predicted molar refractivity (Wildman–Crippen MR) is 177 cm³/mol. The van der Waals surface area contributed by atoms with Gasteiger partial charge < -0.3 is 13.7 Å². The van der Waals surface area contributed by atoms with E-state index in [4.69, 9.17) is 28.7 Å². The molecule has 1 fully saturated rings. The quantitative estimate of drug-likeness (QED) is 0.197. The Morgan fingerprint density at radius 2 is 1.09 bits per heavy atom. The second kappa shape index (κ2) is 9.84. The first-order chi connectivity index (χ1) is 21.3. The lowest BCUT2D eigenvalue weighted by Crippen LogP contribution is -2.41. The van der Waals surface area contributed by atoms with Gasteiger partial charge in [0.15, 0.2) is 17.5 Å². The number of hydrogen-bond acceptors (Lipinski definition) is 6. The summed E-state index contributed by atoms with van der Waals surface area (Å²) in [6.45, 7) is 8.30. The third-order valence-corrected chi connectivity index (χ3v) is 9.02. The van der Waals surface area contributed by atoms with E-state index in [-0.39, 0.29) is 0 Å². The fourth-order valence-electron chi connectivity index (χ4n) is 5.99. The minimum Gasteiger partial charge on any atom is -0.456 e. The van der Waals surface area contributed by atoms with Crippen LogP contribution in [-0.4, -0.2) is 33.3 Å². The normalized spacial score (nSPS) is 15.9. The van der Waals surface area contributed by atoms with Crippen LogP contribution >= 0.6 is 0 Å². The summed E-state index contributed by atoms with van der Waals surface area (Å²) < 4.78 is 19.1. The molecule has 8 rings (SSSR count). The molecule has 0 saturated carbocycles. The Morgan fingerprint density at radius 1 is 0.500 bits per heavy atom. The van der Waals surface area contributed by atoms with Crippen molar-refractivity contribution in [2.45, 2.75) is 38.9 Å². The molecular weight excluding hydrogens is 545 g/mol. The van der Waals surface area contributed by atoms with Crippen LogP contribution in [0.4, 0.5) is 0 Å². The molecule has 0 spiro atoms. The Labute approximate surface area is 255 Å². The third-order valence-electron chi connectivity index (χ3n) is 9.02. The Balaban J connectivity index is 1.35. The highest BCUT2D eigenvalue weighted by Crippen LogP contribution is 2.39. The van der Waals surface area contributed by atoms with Gasteiger partial charge in [-0.25, -0.2) is 15.0 Å². The van der Waals surface area contributed by atoms with Gasteiger partial charge in [-0.05, 0) is 56.1 Å². The molecule has 7 heteroatoms. The summed E-state index contributed by atoms with van der Waals surface area (Å²) in [4.78, 5) is 15.2. The van der Waals surface area contributed by atoms with Crippen LogP contribution in [0.25, 0.3) is 66.9 Å². The van der Waals surface area contributed by atoms with Gasteiger partial charge in [0.25, 0.3) is 0 Å². The van der Waals surface area contributed by atoms with Gasteiger partial charge in [-0.2, -0.15) is 0 Å². The van der Waals surface area contributed by atoms with Crippen LogP contribution in [0, 0.1) is 0 Å². The first-order valence-corrected chi connectivity index (χ1v) is 14.9. The molecule has 3 heterocycles. The summed E-state index contributed by atoms with van der Waals surface area (Å²) in [7, 11) is -0.486. The maximum Gasteiger partial charge on any atom is 0.495 e. The number of furan rings is 1. The van der Waals surface area contributed by atoms with Crippen LogP contribution in [0.3, 0.4) is 0 Å². The topological polar surface area (TPSA) is 70.3 Å². The monoisotopic (exact) mass is 575 g/mol. The second-order valence-corrected chi connectivity index (χ2v) is 12.3. The van der Waals surface area contributed by atoms with Crippen molar-refractivity contribution in [2.75, 3.05) is 0 Å². The molecule has 0 radical (unpaired) electrons. The zero-order chi connectivity index (χ0) is 30.1. The number of benzene rings is 5. The van der Waals surface area contributed by atoms with Gasteiger partial charge in [0.05, 0.1) is 11.2 Å².